The van der Waals surface area contributed by atoms with Crippen molar-refractivity contribution in [3.05, 3.63) is 59.9 Å². The van der Waals surface area contributed by atoms with Crippen LogP contribution < -0.4 is 10.6 Å². The summed E-state index contributed by atoms with van der Waals surface area (Å²) in [4.78, 5) is 15.7. The molecule has 0 atom stereocenters. The third-order valence-corrected chi connectivity index (χ3v) is 4.06. The van der Waals surface area contributed by atoms with Crippen molar-refractivity contribution in [2.75, 3.05) is 36.8 Å². The van der Waals surface area contributed by atoms with Crippen LogP contribution in [0.3, 0.4) is 0 Å². The topological polar surface area (TPSA) is 58.8 Å². The van der Waals surface area contributed by atoms with Gasteiger partial charge in [-0.05, 0) is 23.8 Å². The van der Waals surface area contributed by atoms with Gasteiger partial charge in [-0.2, -0.15) is 0 Å². The molecule has 0 saturated carbocycles. The summed E-state index contributed by atoms with van der Waals surface area (Å²) in [6.45, 7) is 2.36. The number of rotatable bonds is 3. The van der Waals surface area contributed by atoms with Crippen LogP contribution in [0.15, 0.2) is 48.5 Å². The molecule has 1 aliphatic rings. The van der Waals surface area contributed by atoms with Crippen molar-refractivity contribution in [2.24, 2.45) is 0 Å². The molecular weight excluding hydrogens is 309 g/mol. The van der Waals surface area contributed by atoms with Crippen LogP contribution in [0.1, 0.15) is 5.56 Å². The van der Waals surface area contributed by atoms with E-state index in [1.54, 1.807) is 17.0 Å². The average Bonchev–Trinajstić information content (AvgIpc) is 2.61. The Kier molecular flexibility index (Phi) is 4.84. The van der Waals surface area contributed by atoms with Crippen molar-refractivity contribution in [3.8, 4) is 0 Å². The zero-order valence-electron chi connectivity index (χ0n) is 13.3. The van der Waals surface area contributed by atoms with E-state index in [1.807, 2.05) is 35.2 Å². The summed E-state index contributed by atoms with van der Waals surface area (Å²) in [5, 5.41) is 0. The molecule has 1 amide bonds. The van der Waals surface area contributed by atoms with Gasteiger partial charge in [0.15, 0.2) is 0 Å². The smallest absolute Gasteiger partial charge is 0.410 e. The lowest BCUT2D eigenvalue weighted by molar-refractivity contribution is 0.0941. The van der Waals surface area contributed by atoms with Crippen molar-refractivity contribution in [3.63, 3.8) is 0 Å². The Morgan fingerprint density at radius 3 is 2.46 bits per heavy atom. The fourth-order valence-corrected chi connectivity index (χ4v) is 2.72. The largest absolute Gasteiger partial charge is 0.445 e. The van der Waals surface area contributed by atoms with Gasteiger partial charge in [-0.15, -0.1) is 0 Å². The number of anilines is 2. The van der Waals surface area contributed by atoms with Crippen LogP contribution in [0.5, 0.6) is 0 Å². The van der Waals surface area contributed by atoms with Gasteiger partial charge in [0, 0.05) is 31.9 Å². The molecule has 24 heavy (non-hydrogen) atoms. The molecule has 1 heterocycles. The molecule has 6 heteroatoms. The SMILES string of the molecule is Nc1ccc(N2CCN(C(=O)OCc3ccccc3)CC2)c(F)c1. The van der Waals surface area contributed by atoms with Gasteiger partial charge in [0.25, 0.3) is 0 Å². The highest BCUT2D eigenvalue weighted by Crippen LogP contribution is 2.23. The molecule has 0 spiro atoms. The average molecular weight is 329 g/mol. The van der Waals surface area contributed by atoms with E-state index in [2.05, 4.69) is 0 Å². The Hall–Kier alpha value is -2.76. The molecule has 3 rings (SSSR count). The summed E-state index contributed by atoms with van der Waals surface area (Å²) in [6.07, 6.45) is -0.337. The molecule has 1 fully saturated rings. The summed E-state index contributed by atoms with van der Waals surface area (Å²) in [7, 11) is 0. The fraction of sp³-hybridized carbons (Fsp3) is 0.278. The van der Waals surface area contributed by atoms with Crippen LogP contribution >= 0.6 is 0 Å². The van der Waals surface area contributed by atoms with E-state index in [-0.39, 0.29) is 18.5 Å². The summed E-state index contributed by atoms with van der Waals surface area (Å²) in [5.74, 6) is -0.338. The predicted octanol–water partition coefficient (Wildman–Crippen LogP) is 2.87. The van der Waals surface area contributed by atoms with Crippen molar-refractivity contribution >= 4 is 17.5 Å². The maximum absolute atomic E-state index is 14.0. The first-order valence-electron chi connectivity index (χ1n) is 7.89. The van der Waals surface area contributed by atoms with E-state index in [0.29, 0.717) is 37.6 Å². The molecule has 0 radical (unpaired) electrons. The molecule has 0 bridgehead atoms. The predicted molar refractivity (Wildman–Crippen MR) is 91.2 cm³/mol. The minimum Gasteiger partial charge on any atom is -0.445 e. The van der Waals surface area contributed by atoms with Crippen LogP contribution in [0.25, 0.3) is 0 Å². The third-order valence-electron chi connectivity index (χ3n) is 4.06. The second-order valence-corrected chi connectivity index (χ2v) is 5.73. The minimum absolute atomic E-state index is 0.256. The van der Waals surface area contributed by atoms with Gasteiger partial charge >= 0.3 is 6.09 Å². The molecule has 0 aliphatic carbocycles. The van der Waals surface area contributed by atoms with E-state index in [4.69, 9.17) is 10.5 Å². The molecule has 0 aromatic heterocycles. The number of carbonyl (C=O) groups excluding carboxylic acids is 1. The number of piperazine rings is 1. The minimum atomic E-state index is -0.338. The van der Waals surface area contributed by atoms with Crippen molar-refractivity contribution < 1.29 is 13.9 Å². The normalized spacial score (nSPS) is 14.5. The maximum Gasteiger partial charge on any atom is 0.410 e. The third kappa shape index (κ3) is 3.76. The number of nitrogen functional groups attached to an aromatic ring is 1. The van der Waals surface area contributed by atoms with Gasteiger partial charge < -0.3 is 20.3 Å². The van der Waals surface area contributed by atoms with E-state index >= 15 is 0 Å². The Bertz CT molecular complexity index is 701. The second kappa shape index (κ2) is 7.21. The van der Waals surface area contributed by atoms with Gasteiger partial charge in [0.1, 0.15) is 12.4 Å². The second-order valence-electron chi connectivity index (χ2n) is 5.73. The molecule has 2 aromatic carbocycles. The number of nitrogens with two attached hydrogens (primary N) is 1. The van der Waals surface area contributed by atoms with E-state index in [9.17, 15) is 9.18 Å². The number of hydrogen-bond acceptors (Lipinski definition) is 4. The van der Waals surface area contributed by atoms with Gasteiger partial charge in [0.05, 0.1) is 5.69 Å². The summed E-state index contributed by atoms with van der Waals surface area (Å²) in [5.41, 5.74) is 7.44. The highest BCUT2D eigenvalue weighted by Gasteiger charge is 2.23. The molecule has 0 unspecified atom stereocenters. The van der Waals surface area contributed by atoms with Gasteiger partial charge in [0.2, 0.25) is 0 Å². The molecule has 126 valence electrons. The van der Waals surface area contributed by atoms with Crippen molar-refractivity contribution in [1.82, 2.24) is 4.90 Å². The quantitative estimate of drug-likeness (QED) is 0.880. The summed E-state index contributed by atoms with van der Waals surface area (Å²) >= 11 is 0. The first kappa shape index (κ1) is 16.1. The number of nitrogens with zero attached hydrogens (tertiary/aromatic N) is 2. The standard InChI is InChI=1S/C18H20FN3O2/c19-16-12-15(20)6-7-17(16)21-8-10-22(11-9-21)18(23)24-13-14-4-2-1-3-5-14/h1-7,12H,8-11,13,20H2. The van der Waals surface area contributed by atoms with Gasteiger partial charge in [-0.25, -0.2) is 9.18 Å². The Balaban J connectivity index is 1.52. The van der Waals surface area contributed by atoms with Crippen LogP contribution in [0.2, 0.25) is 0 Å². The zero-order valence-corrected chi connectivity index (χ0v) is 13.3. The summed E-state index contributed by atoms with van der Waals surface area (Å²) < 4.78 is 19.3. The first-order chi connectivity index (χ1) is 11.6. The van der Waals surface area contributed by atoms with Crippen molar-refractivity contribution in [1.29, 1.82) is 0 Å². The fourth-order valence-electron chi connectivity index (χ4n) is 2.72. The first-order valence-corrected chi connectivity index (χ1v) is 7.89. The molecule has 1 aliphatic heterocycles. The molecular formula is C18H20FN3O2. The highest BCUT2D eigenvalue weighted by molar-refractivity contribution is 5.68. The number of amides is 1. The Morgan fingerprint density at radius 2 is 1.79 bits per heavy atom. The van der Waals surface area contributed by atoms with E-state index in [1.165, 1.54) is 6.07 Å². The van der Waals surface area contributed by atoms with Crippen LogP contribution in [-0.2, 0) is 11.3 Å². The number of ether oxygens (including phenoxy) is 1. The van der Waals surface area contributed by atoms with Crippen LogP contribution in [-0.4, -0.2) is 37.2 Å². The van der Waals surface area contributed by atoms with E-state index in [0.717, 1.165) is 5.56 Å². The Morgan fingerprint density at radius 1 is 1.08 bits per heavy atom. The van der Waals surface area contributed by atoms with Crippen molar-refractivity contribution in [2.45, 2.75) is 6.61 Å². The lowest BCUT2D eigenvalue weighted by atomic mass is 10.2. The number of carbonyl (C=O) groups is 1. The van der Waals surface area contributed by atoms with Crippen LogP contribution in [0.4, 0.5) is 20.6 Å². The number of hydrogen-bond donors (Lipinski definition) is 1. The lowest BCUT2D eigenvalue weighted by Gasteiger charge is -2.35. The van der Waals surface area contributed by atoms with E-state index < -0.39 is 0 Å². The lowest BCUT2D eigenvalue weighted by Crippen LogP contribution is -2.49. The Labute approximate surface area is 140 Å². The number of halogens is 1. The molecule has 2 aromatic rings. The molecule has 5 nitrogen and oxygen atoms in total. The monoisotopic (exact) mass is 329 g/mol. The van der Waals surface area contributed by atoms with Gasteiger partial charge in [-0.3, -0.25) is 0 Å². The van der Waals surface area contributed by atoms with Crippen LogP contribution in [0, 0.1) is 5.82 Å². The maximum atomic E-state index is 14.0. The zero-order chi connectivity index (χ0) is 16.9. The highest BCUT2D eigenvalue weighted by atomic mass is 19.1. The summed E-state index contributed by atoms with van der Waals surface area (Å²) in [6, 6.07) is 14.2. The molecule has 2 N–H and O–H groups in total. The molecule has 1 saturated heterocycles. The number of benzene rings is 2. The van der Waals surface area contributed by atoms with Gasteiger partial charge in [-0.1, -0.05) is 30.3 Å².